The maximum absolute atomic E-state index is 10.1. The highest BCUT2D eigenvalue weighted by Crippen LogP contribution is 2.31. The molecule has 1 fully saturated rings. The molecule has 1 aromatic rings. The van der Waals surface area contributed by atoms with Gasteiger partial charge in [-0.15, -0.1) is 0 Å². The molecule has 2 rings (SSSR count). The van der Waals surface area contributed by atoms with Crippen molar-refractivity contribution in [2.45, 2.75) is 31.9 Å². The Morgan fingerprint density at radius 3 is 2.88 bits per heavy atom. The third-order valence-corrected chi connectivity index (χ3v) is 3.90. The number of aliphatic hydroxyl groups is 1. The predicted molar refractivity (Wildman–Crippen MR) is 74.1 cm³/mol. The summed E-state index contributed by atoms with van der Waals surface area (Å²) in [4.78, 5) is 2.23. The van der Waals surface area contributed by atoms with Gasteiger partial charge in [-0.05, 0) is 53.4 Å². The Balaban J connectivity index is 2.22. The number of nitrogens with zero attached hydrogens (tertiary/aromatic N) is 1. The lowest BCUT2D eigenvalue weighted by atomic mass is 9.94. The smallest absolute Gasteiger partial charge is 0.0794 e. The van der Waals surface area contributed by atoms with Crippen LogP contribution in [0.3, 0.4) is 0 Å². The van der Waals surface area contributed by atoms with E-state index in [4.69, 9.17) is 5.73 Å². The number of anilines is 1. The monoisotopic (exact) mass is 298 g/mol. The Morgan fingerprint density at radius 2 is 2.29 bits per heavy atom. The van der Waals surface area contributed by atoms with Crippen molar-refractivity contribution in [1.82, 2.24) is 0 Å². The van der Waals surface area contributed by atoms with Crippen molar-refractivity contribution in [3.8, 4) is 0 Å². The van der Waals surface area contributed by atoms with Crippen LogP contribution in [-0.2, 0) is 6.54 Å². The first kappa shape index (κ1) is 12.9. The molecule has 0 radical (unpaired) electrons. The van der Waals surface area contributed by atoms with Gasteiger partial charge in [0.05, 0.1) is 11.3 Å². The number of rotatable bonds is 2. The van der Waals surface area contributed by atoms with Crippen molar-refractivity contribution >= 4 is 21.6 Å². The van der Waals surface area contributed by atoms with Gasteiger partial charge in [0.1, 0.15) is 0 Å². The molecule has 0 aliphatic carbocycles. The summed E-state index contributed by atoms with van der Waals surface area (Å²) < 4.78 is 1.05. The molecule has 0 aromatic heterocycles. The summed E-state index contributed by atoms with van der Waals surface area (Å²) in [5.74, 6) is 0. The SMILES string of the molecule is CC1(O)CCCN(c2ccc(CN)cc2Br)C1. The van der Waals surface area contributed by atoms with Crippen molar-refractivity contribution in [3.63, 3.8) is 0 Å². The second-order valence-corrected chi connectivity index (χ2v) is 5.87. The van der Waals surface area contributed by atoms with Crippen LogP contribution in [0, 0.1) is 0 Å². The molecule has 1 heterocycles. The topological polar surface area (TPSA) is 49.5 Å². The average molecular weight is 299 g/mol. The molecular formula is C13H19BrN2O. The van der Waals surface area contributed by atoms with E-state index in [1.807, 2.05) is 13.0 Å². The van der Waals surface area contributed by atoms with E-state index < -0.39 is 5.60 Å². The number of hydrogen-bond donors (Lipinski definition) is 2. The lowest BCUT2D eigenvalue weighted by Crippen LogP contribution is -2.46. The quantitative estimate of drug-likeness (QED) is 0.880. The molecule has 1 atom stereocenters. The van der Waals surface area contributed by atoms with Gasteiger partial charge in [0.15, 0.2) is 0 Å². The van der Waals surface area contributed by atoms with Crippen LogP contribution in [0.1, 0.15) is 25.3 Å². The minimum absolute atomic E-state index is 0.552. The number of benzene rings is 1. The maximum atomic E-state index is 10.1. The predicted octanol–water partition coefficient (Wildman–Crippen LogP) is 2.26. The number of halogens is 1. The second-order valence-electron chi connectivity index (χ2n) is 5.01. The van der Waals surface area contributed by atoms with Crippen LogP contribution in [0.25, 0.3) is 0 Å². The zero-order valence-corrected chi connectivity index (χ0v) is 11.7. The van der Waals surface area contributed by atoms with Gasteiger partial charge in [-0.3, -0.25) is 0 Å². The van der Waals surface area contributed by atoms with Gasteiger partial charge in [-0.25, -0.2) is 0 Å². The number of hydrogen-bond acceptors (Lipinski definition) is 3. The Kier molecular flexibility index (Phi) is 3.76. The fourth-order valence-corrected chi connectivity index (χ4v) is 3.04. The summed E-state index contributed by atoms with van der Waals surface area (Å²) in [5.41, 5.74) is 7.29. The normalized spacial score (nSPS) is 25.1. The Hall–Kier alpha value is -0.580. The highest BCUT2D eigenvalue weighted by Gasteiger charge is 2.29. The van der Waals surface area contributed by atoms with Gasteiger partial charge in [0.2, 0.25) is 0 Å². The van der Waals surface area contributed by atoms with Gasteiger partial charge in [-0.1, -0.05) is 6.07 Å². The first-order valence-corrected chi connectivity index (χ1v) is 6.77. The highest BCUT2D eigenvalue weighted by atomic mass is 79.9. The van der Waals surface area contributed by atoms with Crippen LogP contribution in [0.4, 0.5) is 5.69 Å². The molecule has 17 heavy (non-hydrogen) atoms. The molecule has 0 spiro atoms. The van der Waals surface area contributed by atoms with E-state index in [0.29, 0.717) is 13.1 Å². The fourth-order valence-electron chi connectivity index (χ4n) is 2.36. The van der Waals surface area contributed by atoms with Crippen LogP contribution in [0.2, 0.25) is 0 Å². The molecule has 1 aliphatic heterocycles. The fraction of sp³-hybridized carbons (Fsp3) is 0.538. The summed E-state index contributed by atoms with van der Waals surface area (Å²) in [6, 6.07) is 6.18. The van der Waals surface area contributed by atoms with Gasteiger partial charge >= 0.3 is 0 Å². The third kappa shape index (κ3) is 3.00. The van der Waals surface area contributed by atoms with E-state index in [9.17, 15) is 5.11 Å². The molecule has 1 unspecified atom stereocenters. The lowest BCUT2D eigenvalue weighted by molar-refractivity contribution is 0.0449. The molecule has 1 aliphatic rings. The number of piperidine rings is 1. The van der Waals surface area contributed by atoms with E-state index in [1.165, 1.54) is 0 Å². The van der Waals surface area contributed by atoms with Gasteiger partial charge < -0.3 is 15.7 Å². The van der Waals surface area contributed by atoms with E-state index in [0.717, 1.165) is 35.1 Å². The van der Waals surface area contributed by atoms with Gasteiger partial charge in [-0.2, -0.15) is 0 Å². The van der Waals surface area contributed by atoms with E-state index >= 15 is 0 Å². The van der Waals surface area contributed by atoms with E-state index in [2.05, 4.69) is 33.0 Å². The molecule has 94 valence electrons. The van der Waals surface area contributed by atoms with Crippen LogP contribution < -0.4 is 10.6 Å². The largest absolute Gasteiger partial charge is 0.388 e. The van der Waals surface area contributed by atoms with E-state index in [1.54, 1.807) is 0 Å². The molecule has 3 N–H and O–H groups in total. The van der Waals surface area contributed by atoms with Crippen molar-refractivity contribution in [1.29, 1.82) is 0 Å². The maximum Gasteiger partial charge on any atom is 0.0794 e. The number of β-amino-alcohol motifs (C(OH)–C–C–N with tert-alkyl or cyclic N) is 1. The van der Waals surface area contributed by atoms with Crippen LogP contribution >= 0.6 is 15.9 Å². The van der Waals surface area contributed by atoms with Crippen molar-refractivity contribution in [2.75, 3.05) is 18.0 Å². The molecule has 4 heteroatoms. The summed E-state index contributed by atoms with van der Waals surface area (Å²) in [6.07, 6.45) is 1.90. The highest BCUT2D eigenvalue weighted by molar-refractivity contribution is 9.10. The molecule has 3 nitrogen and oxygen atoms in total. The summed E-state index contributed by atoms with van der Waals surface area (Å²) >= 11 is 3.58. The summed E-state index contributed by atoms with van der Waals surface area (Å²) in [7, 11) is 0. The molecule has 0 amide bonds. The average Bonchev–Trinajstić information content (AvgIpc) is 2.27. The Labute approximate surface area is 111 Å². The molecular weight excluding hydrogens is 280 g/mol. The molecule has 1 saturated heterocycles. The minimum atomic E-state index is -0.579. The van der Waals surface area contributed by atoms with Crippen LogP contribution in [-0.4, -0.2) is 23.8 Å². The van der Waals surface area contributed by atoms with Crippen molar-refractivity contribution in [3.05, 3.63) is 28.2 Å². The minimum Gasteiger partial charge on any atom is -0.388 e. The molecule has 0 bridgehead atoms. The Morgan fingerprint density at radius 1 is 1.53 bits per heavy atom. The van der Waals surface area contributed by atoms with Crippen LogP contribution in [0.5, 0.6) is 0 Å². The molecule has 0 saturated carbocycles. The summed E-state index contributed by atoms with van der Waals surface area (Å²) in [5, 5.41) is 10.1. The third-order valence-electron chi connectivity index (χ3n) is 3.26. The lowest BCUT2D eigenvalue weighted by Gasteiger charge is -2.38. The van der Waals surface area contributed by atoms with Crippen molar-refractivity contribution in [2.24, 2.45) is 5.73 Å². The van der Waals surface area contributed by atoms with Crippen LogP contribution in [0.15, 0.2) is 22.7 Å². The number of nitrogens with two attached hydrogens (primary N) is 1. The van der Waals surface area contributed by atoms with Gasteiger partial charge in [0, 0.05) is 24.1 Å². The van der Waals surface area contributed by atoms with E-state index in [-0.39, 0.29) is 0 Å². The first-order chi connectivity index (χ1) is 8.02. The van der Waals surface area contributed by atoms with Gasteiger partial charge in [0.25, 0.3) is 0 Å². The second kappa shape index (κ2) is 4.96. The zero-order valence-electron chi connectivity index (χ0n) is 10.1. The molecule has 1 aromatic carbocycles. The Bertz CT molecular complexity index is 406. The van der Waals surface area contributed by atoms with Crippen molar-refractivity contribution < 1.29 is 5.11 Å². The zero-order chi connectivity index (χ0) is 12.5. The standard InChI is InChI=1S/C13H19BrN2O/c1-13(17)5-2-6-16(9-13)12-4-3-10(8-15)7-11(12)14/h3-4,7,17H,2,5-6,8-9,15H2,1H3. The first-order valence-electron chi connectivity index (χ1n) is 5.98. The summed E-state index contributed by atoms with van der Waals surface area (Å²) in [6.45, 7) is 4.14.